The van der Waals surface area contributed by atoms with Crippen LogP contribution in [0.4, 0.5) is 11.4 Å². The molecule has 0 aliphatic heterocycles. The largest absolute Gasteiger partial charge is 0.377 e. The minimum absolute atomic E-state index is 0.0141. The first-order valence-electron chi connectivity index (χ1n) is 8.84. The zero-order valence-electron chi connectivity index (χ0n) is 16.4. The van der Waals surface area contributed by atoms with Gasteiger partial charge < -0.3 is 15.1 Å². The van der Waals surface area contributed by atoms with E-state index in [2.05, 4.69) is 5.32 Å². The van der Waals surface area contributed by atoms with Gasteiger partial charge in [0.2, 0.25) is 5.91 Å². The predicted molar refractivity (Wildman–Crippen MR) is 112 cm³/mol. The molecule has 2 amide bonds. The highest BCUT2D eigenvalue weighted by Crippen LogP contribution is 2.26. The number of carbonyl (C=O) groups excluding carboxylic acids is 2. The summed E-state index contributed by atoms with van der Waals surface area (Å²) in [6.45, 7) is 6.01. The predicted octanol–water partition coefficient (Wildman–Crippen LogP) is 4.42. The summed E-state index contributed by atoms with van der Waals surface area (Å²) in [4.78, 5) is 28.3. The molecular formula is C21H26ClN3O2. The number of benzene rings is 2. The van der Waals surface area contributed by atoms with Crippen LogP contribution in [-0.2, 0) is 11.3 Å². The summed E-state index contributed by atoms with van der Waals surface area (Å²) in [5.41, 5.74) is 3.04. The molecule has 2 aromatic carbocycles. The molecule has 0 saturated heterocycles. The van der Waals surface area contributed by atoms with E-state index >= 15 is 0 Å². The third-order valence-corrected chi connectivity index (χ3v) is 4.64. The summed E-state index contributed by atoms with van der Waals surface area (Å²) in [7, 11) is 3.91. The Labute approximate surface area is 165 Å². The van der Waals surface area contributed by atoms with Gasteiger partial charge in [-0.25, -0.2) is 0 Å². The van der Waals surface area contributed by atoms with Crippen LogP contribution in [0.1, 0.15) is 36.7 Å². The zero-order valence-corrected chi connectivity index (χ0v) is 17.2. The molecule has 0 fully saturated rings. The Morgan fingerprint density at radius 2 is 1.78 bits per heavy atom. The molecule has 144 valence electrons. The monoisotopic (exact) mass is 387 g/mol. The average molecular weight is 388 g/mol. The van der Waals surface area contributed by atoms with E-state index in [4.69, 9.17) is 11.6 Å². The van der Waals surface area contributed by atoms with Crippen molar-refractivity contribution in [1.82, 2.24) is 4.90 Å². The molecular weight excluding hydrogens is 362 g/mol. The number of nitrogens with zero attached hydrogens (tertiary/aromatic N) is 2. The first kappa shape index (κ1) is 20.8. The number of anilines is 2. The molecule has 0 heterocycles. The van der Waals surface area contributed by atoms with Crippen molar-refractivity contribution in [2.24, 2.45) is 0 Å². The van der Waals surface area contributed by atoms with Gasteiger partial charge in [0.1, 0.15) is 0 Å². The first-order chi connectivity index (χ1) is 12.7. The zero-order chi connectivity index (χ0) is 20.1. The summed E-state index contributed by atoms with van der Waals surface area (Å²) < 4.78 is 0. The highest BCUT2D eigenvalue weighted by Gasteiger charge is 2.17. The Hall–Kier alpha value is -2.53. The number of hydrogen-bond donors (Lipinski definition) is 1. The van der Waals surface area contributed by atoms with Gasteiger partial charge in [-0.1, -0.05) is 23.7 Å². The van der Waals surface area contributed by atoms with Crippen LogP contribution in [0.15, 0.2) is 42.5 Å². The van der Waals surface area contributed by atoms with Crippen molar-refractivity contribution >= 4 is 34.8 Å². The summed E-state index contributed by atoms with van der Waals surface area (Å²) >= 11 is 6.11. The highest BCUT2D eigenvalue weighted by molar-refractivity contribution is 6.34. The van der Waals surface area contributed by atoms with Crippen molar-refractivity contribution in [2.45, 2.75) is 33.4 Å². The van der Waals surface area contributed by atoms with Gasteiger partial charge in [0.15, 0.2) is 0 Å². The molecule has 0 bridgehead atoms. The number of nitrogens with one attached hydrogen (secondary N) is 1. The Bertz CT molecular complexity index is 834. The summed E-state index contributed by atoms with van der Waals surface area (Å²) in [5, 5.41) is 3.30. The van der Waals surface area contributed by atoms with E-state index < -0.39 is 0 Å². The third kappa shape index (κ3) is 5.23. The Morgan fingerprint density at radius 3 is 2.33 bits per heavy atom. The second-order valence-corrected chi connectivity index (χ2v) is 7.32. The molecule has 0 aromatic heterocycles. The van der Waals surface area contributed by atoms with Crippen molar-refractivity contribution in [1.29, 1.82) is 0 Å². The van der Waals surface area contributed by atoms with E-state index in [0.29, 0.717) is 22.8 Å². The number of amides is 2. The van der Waals surface area contributed by atoms with Crippen molar-refractivity contribution in [3.8, 4) is 0 Å². The van der Waals surface area contributed by atoms with Crippen LogP contribution in [0.25, 0.3) is 0 Å². The molecule has 1 N–H and O–H groups in total. The van der Waals surface area contributed by atoms with Crippen LogP contribution in [0.3, 0.4) is 0 Å². The van der Waals surface area contributed by atoms with E-state index in [1.807, 2.05) is 51.0 Å². The fraction of sp³-hybridized carbons (Fsp3) is 0.333. The lowest BCUT2D eigenvalue weighted by atomic mass is 10.1. The van der Waals surface area contributed by atoms with Crippen molar-refractivity contribution in [2.75, 3.05) is 24.3 Å². The number of hydrogen-bond acceptors (Lipinski definition) is 3. The normalized spacial score (nSPS) is 10.6. The summed E-state index contributed by atoms with van der Waals surface area (Å²) in [6, 6.07) is 12.7. The molecule has 2 rings (SSSR count). The van der Waals surface area contributed by atoms with Gasteiger partial charge in [-0.2, -0.15) is 0 Å². The third-order valence-electron chi connectivity index (χ3n) is 4.31. The molecule has 2 aromatic rings. The summed E-state index contributed by atoms with van der Waals surface area (Å²) in [6.07, 6.45) is 0. The Kier molecular flexibility index (Phi) is 6.86. The maximum absolute atomic E-state index is 12.5. The topological polar surface area (TPSA) is 52.7 Å². The quantitative estimate of drug-likeness (QED) is 0.798. The van der Waals surface area contributed by atoms with Gasteiger partial charge in [-0.15, -0.1) is 0 Å². The van der Waals surface area contributed by atoms with E-state index in [-0.39, 0.29) is 17.9 Å². The molecule has 0 atom stereocenters. The molecule has 27 heavy (non-hydrogen) atoms. The van der Waals surface area contributed by atoms with Crippen molar-refractivity contribution in [3.05, 3.63) is 58.6 Å². The molecule has 5 nitrogen and oxygen atoms in total. The maximum Gasteiger partial charge on any atom is 0.257 e. The van der Waals surface area contributed by atoms with Crippen LogP contribution in [0.5, 0.6) is 0 Å². The minimum atomic E-state index is -0.267. The van der Waals surface area contributed by atoms with Gasteiger partial charge >= 0.3 is 0 Å². The molecule has 0 spiro atoms. The number of rotatable bonds is 6. The molecule has 6 heteroatoms. The van der Waals surface area contributed by atoms with Crippen LogP contribution >= 0.6 is 11.6 Å². The van der Waals surface area contributed by atoms with E-state index in [0.717, 1.165) is 11.3 Å². The number of halogens is 1. The Balaban J connectivity index is 2.33. The van der Waals surface area contributed by atoms with E-state index in [1.54, 1.807) is 36.1 Å². The lowest BCUT2D eigenvalue weighted by Gasteiger charge is -2.28. The molecule has 0 unspecified atom stereocenters. The van der Waals surface area contributed by atoms with Gasteiger partial charge in [-0.3, -0.25) is 9.59 Å². The minimum Gasteiger partial charge on any atom is -0.377 e. The van der Waals surface area contributed by atoms with E-state index in [1.165, 1.54) is 0 Å². The average Bonchev–Trinajstić information content (AvgIpc) is 2.59. The second kappa shape index (κ2) is 8.91. The van der Waals surface area contributed by atoms with Gasteiger partial charge in [0, 0.05) is 45.0 Å². The van der Waals surface area contributed by atoms with Crippen LogP contribution in [-0.4, -0.2) is 36.9 Å². The summed E-state index contributed by atoms with van der Waals surface area (Å²) in [5.74, 6) is -0.253. The molecule has 0 saturated carbocycles. The molecule has 0 radical (unpaired) electrons. The SMILES string of the molecule is CC(=O)N(Cc1cc(NC(=O)c2ccccc2Cl)ccc1N(C)C)C(C)C. The fourth-order valence-corrected chi connectivity index (χ4v) is 3.13. The lowest BCUT2D eigenvalue weighted by Crippen LogP contribution is -2.35. The van der Waals surface area contributed by atoms with Crippen LogP contribution < -0.4 is 10.2 Å². The van der Waals surface area contributed by atoms with Gasteiger partial charge in [-0.05, 0) is 49.7 Å². The Morgan fingerprint density at radius 1 is 1.11 bits per heavy atom. The van der Waals surface area contributed by atoms with Gasteiger partial charge in [0.05, 0.1) is 10.6 Å². The number of carbonyl (C=O) groups is 2. The maximum atomic E-state index is 12.5. The molecule has 0 aliphatic rings. The van der Waals surface area contributed by atoms with Crippen molar-refractivity contribution in [3.63, 3.8) is 0 Å². The standard InChI is InChI=1S/C21H26ClN3O2/c1-14(2)25(15(3)26)13-16-12-17(10-11-20(16)24(4)5)23-21(27)18-8-6-7-9-19(18)22/h6-12,14H,13H2,1-5H3,(H,23,27). The first-order valence-corrected chi connectivity index (χ1v) is 9.21. The molecule has 0 aliphatic carbocycles. The lowest BCUT2D eigenvalue weighted by molar-refractivity contribution is -0.131. The smallest absolute Gasteiger partial charge is 0.257 e. The van der Waals surface area contributed by atoms with Crippen LogP contribution in [0, 0.1) is 0 Å². The second-order valence-electron chi connectivity index (χ2n) is 6.91. The van der Waals surface area contributed by atoms with Crippen LogP contribution in [0.2, 0.25) is 5.02 Å². The van der Waals surface area contributed by atoms with Crippen molar-refractivity contribution < 1.29 is 9.59 Å². The highest BCUT2D eigenvalue weighted by atomic mass is 35.5. The van der Waals surface area contributed by atoms with Gasteiger partial charge in [0.25, 0.3) is 5.91 Å². The van der Waals surface area contributed by atoms with E-state index in [9.17, 15) is 9.59 Å². The fourth-order valence-electron chi connectivity index (χ4n) is 2.91.